The second-order valence-corrected chi connectivity index (χ2v) is 9.24. The van der Waals surface area contributed by atoms with Gasteiger partial charge in [0.25, 0.3) is 0 Å². The predicted octanol–water partition coefficient (Wildman–Crippen LogP) is 4.32. The largest absolute Gasteiger partial charge is 0.505 e. The zero-order chi connectivity index (χ0) is 23.4. The highest BCUT2D eigenvalue weighted by Crippen LogP contribution is 2.42. The van der Waals surface area contributed by atoms with Crippen molar-refractivity contribution in [2.75, 3.05) is 11.1 Å². The van der Waals surface area contributed by atoms with Gasteiger partial charge in [0.05, 0.1) is 28.6 Å². The number of thiophene rings is 1. The van der Waals surface area contributed by atoms with Crippen LogP contribution in [0.4, 0.5) is 11.4 Å². The molecule has 0 aliphatic heterocycles. The van der Waals surface area contributed by atoms with Gasteiger partial charge in [-0.05, 0) is 49.7 Å². The number of amidine groups is 1. The molecule has 0 aliphatic carbocycles. The topological polar surface area (TPSA) is 137 Å². The highest BCUT2D eigenvalue weighted by molar-refractivity contribution is 7.14. The third-order valence-corrected chi connectivity index (χ3v) is 6.11. The molecular weight excluding hydrogens is 446 g/mol. The Morgan fingerprint density at radius 2 is 2.00 bits per heavy atom. The Bertz CT molecular complexity index is 1160. The molecule has 0 saturated carbocycles. The lowest BCUT2D eigenvalue weighted by atomic mass is 9.95. The number of amides is 1. The lowest BCUT2D eigenvalue weighted by Gasteiger charge is -2.19. The van der Waals surface area contributed by atoms with E-state index >= 15 is 0 Å². The number of aromatic hydroxyl groups is 1. The van der Waals surface area contributed by atoms with E-state index in [0.29, 0.717) is 44.5 Å². The normalized spacial score (nSPS) is 10.9. The van der Waals surface area contributed by atoms with Crippen LogP contribution in [0, 0.1) is 5.41 Å². The number of halogens is 1. The number of nitrogens with one attached hydrogen (secondary N) is 3. The lowest BCUT2D eigenvalue weighted by molar-refractivity contribution is -0.120. The molecule has 168 valence electrons. The molecule has 3 aromatic rings. The molecule has 0 fully saturated rings. The molecule has 0 bridgehead atoms. The number of nitrogen functional groups attached to an aromatic ring is 2. The zero-order valence-corrected chi connectivity index (χ0v) is 19.4. The fourth-order valence-electron chi connectivity index (χ4n) is 3.32. The van der Waals surface area contributed by atoms with E-state index in [0.717, 1.165) is 4.88 Å². The summed E-state index contributed by atoms with van der Waals surface area (Å²) in [6.45, 7) is 4.19. The van der Waals surface area contributed by atoms with E-state index in [2.05, 4.69) is 10.6 Å². The van der Waals surface area contributed by atoms with Crippen LogP contribution in [0.5, 0.6) is 5.75 Å². The van der Waals surface area contributed by atoms with Crippen molar-refractivity contribution in [3.8, 4) is 16.9 Å². The van der Waals surface area contributed by atoms with Gasteiger partial charge >= 0.3 is 0 Å². The minimum Gasteiger partial charge on any atom is -0.505 e. The van der Waals surface area contributed by atoms with Crippen molar-refractivity contribution in [3.05, 3.63) is 62.8 Å². The fraction of sp³-hybridized carbons (Fsp3) is 0.217. The molecule has 0 spiro atoms. The molecule has 3 rings (SSSR count). The Hall–Kier alpha value is -3.23. The maximum Gasteiger partial charge on any atom is 0.224 e. The van der Waals surface area contributed by atoms with Crippen LogP contribution in [0.1, 0.15) is 29.2 Å². The number of benzene rings is 2. The Morgan fingerprint density at radius 1 is 1.25 bits per heavy atom. The van der Waals surface area contributed by atoms with Gasteiger partial charge in [-0.1, -0.05) is 23.7 Å². The van der Waals surface area contributed by atoms with Crippen LogP contribution in [0.2, 0.25) is 5.02 Å². The third-order valence-electron chi connectivity index (χ3n) is 4.70. The fourth-order valence-corrected chi connectivity index (χ4v) is 4.46. The van der Waals surface area contributed by atoms with Crippen molar-refractivity contribution in [2.24, 2.45) is 5.73 Å². The van der Waals surface area contributed by atoms with Crippen molar-refractivity contribution in [1.29, 1.82) is 5.41 Å². The molecule has 0 unspecified atom stereocenters. The van der Waals surface area contributed by atoms with Crippen molar-refractivity contribution in [3.63, 3.8) is 0 Å². The third kappa shape index (κ3) is 5.52. The Balaban J connectivity index is 1.92. The van der Waals surface area contributed by atoms with Crippen LogP contribution in [-0.2, 0) is 17.8 Å². The predicted molar refractivity (Wildman–Crippen MR) is 133 cm³/mol. The number of phenols is 1. The second-order valence-electron chi connectivity index (χ2n) is 7.67. The number of carbonyl (C=O) groups excluding carboxylic acids is 1. The summed E-state index contributed by atoms with van der Waals surface area (Å²) in [5.74, 6) is -0.306. The van der Waals surface area contributed by atoms with Crippen LogP contribution in [0.3, 0.4) is 0 Å². The molecule has 1 heterocycles. The van der Waals surface area contributed by atoms with E-state index < -0.39 is 0 Å². The summed E-state index contributed by atoms with van der Waals surface area (Å²) in [6.07, 6.45) is -0.0752. The van der Waals surface area contributed by atoms with E-state index in [1.165, 1.54) is 11.3 Å². The average molecular weight is 472 g/mol. The van der Waals surface area contributed by atoms with Gasteiger partial charge in [-0.3, -0.25) is 10.2 Å². The van der Waals surface area contributed by atoms with Crippen LogP contribution in [-0.4, -0.2) is 22.9 Å². The Kier molecular flexibility index (Phi) is 7.27. The van der Waals surface area contributed by atoms with Crippen molar-refractivity contribution in [1.82, 2.24) is 5.32 Å². The summed E-state index contributed by atoms with van der Waals surface area (Å²) in [6, 6.07) is 12.4. The van der Waals surface area contributed by atoms with Crippen LogP contribution in [0.25, 0.3) is 11.1 Å². The number of hydrogen-bond acceptors (Lipinski definition) is 6. The minimum atomic E-state index is -0.277. The Morgan fingerprint density at radius 3 is 2.62 bits per heavy atom. The number of carbonyl (C=O) groups is 1. The summed E-state index contributed by atoms with van der Waals surface area (Å²) in [5.41, 5.74) is 14.2. The summed E-state index contributed by atoms with van der Waals surface area (Å²) in [5, 5.41) is 24.9. The van der Waals surface area contributed by atoms with E-state index in [1.54, 1.807) is 30.3 Å². The van der Waals surface area contributed by atoms with Gasteiger partial charge in [-0.2, -0.15) is 0 Å². The zero-order valence-electron chi connectivity index (χ0n) is 17.8. The molecule has 8 N–H and O–H groups in total. The summed E-state index contributed by atoms with van der Waals surface area (Å²) in [4.78, 5) is 14.3. The van der Waals surface area contributed by atoms with Gasteiger partial charge in [0, 0.05) is 27.7 Å². The molecule has 32 heavy (non-hydrogen) atoms. The molecule has 9 heteroatoms. The molecule has 1 aromatic heterocycles. The van der Waals surface area contributed by atoms with Crippen molar-refractivity contribution in [2.45, 2.75) is 32.9 Å². The SMILES string of the molecule is CC(C)Nc1cc(Cl)c(-c2cccc(N)c2)c(CC(=O)NCc2ccc(C(=N)N)s2)c1O. The summed E-state index contributed by atoms with van der Waals surface area (Å²) in [7, 11) is 0. The van der Waals surface area contributed by atoms with Gasteiger partial charge in [-0.25, -0.2) is 0 Å². The van der Waals surface area contributed by atoms with E-state index in [1.807, 2.05) is 26.0 Å². The number of phenolic OH excluding ortho intramolecular Hbond substituents is 1. The number of hydrogen-bond donors (Lipinski definition) is 6. The number of nitrogens with two attached hydrogens (primary N) is 2. The highest BCUT2D eigenvalue weighted by atomic mass is 35.5. The van der Waals surface area contributed by atoms with Crippen molar-refractivity contribution >= 4 is 46.1 Å². The molecule has 0 radical (unpaired) electrons. The first-order chi connectivity index (χ1) is 15.2. The average Bonchev–Trinajstić information content (AvgIpc) is 3.19. The smallest absolute Gasteiger partial charge is 0.224 e. The quantitative estimate of drug-likeness (QED) is 0.126. The van der Waals surface area contributed by atoms with Gasteiger partial charge in [0.1, 0.15) is 11.6 Å². The molecule has 0 saturated heterocycles. The lowest BCUT2D eigenvalue weighted by Crippen LogP contribution is -2.24. The van der Waals surface area contributed by atoms with Crippen LogP contribution >= 0.6 is 22.9 Å². The van der Waals surface area contributed by atoms with Gasteiger partial charge in [-0.15, -0.1) is 11.3 Å². The highest BCUT2D eigenvalue weighted by Gasteiger charge is 2.21. The molecule has 1 amide bonds. The van der Waals surface area contributed by atoms with Gasteiger partial charge < -0.3 is 27.2 Å². The van der Waals surface area contributed by atoms with Crippen LogP contribution in [0.15, 0.2) is 42.5 Å². The monoisotopic (exact) mass is 471 g/mol. The van der Waals surface area contributed by atoms with E-state index in [4.69, 9.17) is 28.5 Å². The Labute approximate surface area is 195 Å². The molecule has 0 aliphatic rings. The summed E-state index contributed by atoms with van der Waals surface area (Å²) >= 11 is 7.96. The minimum absolute atomic E-state index is 0.00613. The number of rotatable bonds is 8. The van der Waals surface area contributed by atoms with Crippen molar-refractivity contribution < 1.29 is 9.90 Å². The van der Waals surface area contributed by atoms with Crippen LogP contribution < -0.4 is 22.1 Å². The summed E-state index contributed by atoms with van der Waals surface area (Å²) < 4.78 is 0. The standard InChI is InChI=1S/C23H26ClN5O2S/c1-12(2)29-18-10-17(24)21(13-4-3-5-14(25)8-13)16(22(18)31)9-20(30)28-11-15-6-7-19(32-15)23(26)27/h3-8,10,12,29,31H,9,11,25H2,1-2H3,(H3,26,27)(H,28,30). The second kappa shape index (κ2) is 9.93. The molecule has 7 nitrogen and oxygen atoms in total. The van der Waals surface area contributed by atoms with E-state index in [-0.39, 0.29) is 30.0 Å². The molecular formula is C23H26ClN5O2S. The first kappa shape index (κ1) is 23.4. The van der Waals surface area contributed by atoms with Gasteiger partial charge in [0.15, 0.2) is 0 Å². The van der Waals surface area contributed by atoms with E-state index in [9.17, 15) is 9.90 Å². The van der Waals surface area contributed by atoms with Gasteiger partial charge in [0.2, 0.25) is 5.91 Å². The molecule has 0 atom stereocenters. The maximum absolute atomic E-state index is 12.8. The number of anilines is 2. The molecule has 2 aromatic carbocycles. The maximum atomic E-state index is 12.8. The first-order valence-electron chi connectivity index (χ1n) is 10.0. The first-order valence-corrected chi connectivity index (χ1v) is 11.2.